The summed E-state index contributed by atoms with van der Waals surface area (Å²) in [5.74, 6) is 0. The SMILES string of the molecule is CC(C)S(=O)(=O)NCCCCCNc1ccc(N2CCC(N)C2)cc1. The Kier molecular flexibility index (Phi) is 7.53. The number of hydrogen-bond acceptors (Lipinski definition) is 5. The molecule has 142 valence electrons. The van der Waals surface area contributed by atoms with Gasteiger partial charge in [0, 0.05) is 43.6 Å². The maximum absolute atomic E-state index is 11.6. The Hall–Kier alpha value is -1.31. The first-order valence-corrected chi connectivity index (χ1v) is 10.8. The van der Waals surface area contributed by atoms with E-state index >= 15 is 0 Å². The molecule has 0 saturated carbocycles. The molecule has 2 rings (SSSR count). The van der Waals surface area contributed by atoms with E-state index < -0.39 is 10.0 Å². The second-order valence-electron chi connectivity index (χ2n) is 7.02. The summed E-state index contributed by atoms with van der Waals surface area (Å²) in [5, 5.41) is 3.05. The Balaban J connectivity index is 1.59. The first-order valence-electron chi connectivity index (χ1n) is 9.21. The van der Waals surface area contributed by atoms with Crippen molar-refractivity contribution in [2.45, 2.75) is 50.8 Å². The zero-order valence-corrected chi connectivity index (χ0v) is 16.2. The Morgan fingerprint density at radius 2 is 1.84 bits per heavy atom. The van der Waals surface area contributed by atoms with Gasteiger partial charge < -0.3 is 16.0 Å². The third-order valence-electron chi connectivity index (χ3n) is 4.56. The first kappa shape index (κ1) is 20.0. The highest BCUT2D eigenvalue weighted by Gasteiger charge is 2.18. The molecule has 0 amide bonds. The Bertz CT molecular complexity index is 616. The average Bonchev–Trinajstić information content (AvgIpc) is 3.01. The van der Waals surface area contributed by atoms with E-state index in [-0.39, 0.29) is 5.25 Å². The molecule has 0 aromatic heterocycles. The van der Waals surface area contributed by atoms with Crippen LogP contribution < -0.4 is 20.7 Å². The Labute approximate surface area is 152 Å². The smallest absolute Gasteiger partial charge is 0.213 e. The van der Waals surface area contributed by atoms with E-state index in [2.05, 4.69) is 39.2 Å². The molecule has 1 fully saturated rings. The highest BCUT2D eigenvalue weighted by molar-refractivity contribution is 7.90. The molecule has 7 heteroatoms. The van der Waals surface area contributed by atoms with Gasteiger partial charge in [-0.05, 0) is 57.4 Å². The van der Waals surface area contributed by atoms with Crippen molar-refractivity contribution in [3.8, 4) is 0 Å². The summed E-state index contributed by atoms with van der Waals surface area (Å²) in [6.45, 7) is 6.77. The van der Waals surface area contributed by atoms with Gasteiger partial charge in [0.25, 0.3) is 0 Å². The van der Waals surface area contributed by atoms with Gasteiger partial charge in [0.2, 0.25) is 10.0 Å². The molecule has 1 aliphatic rings. The van der Waals surface area contributed by atoms with Gasteiger partial charge in [0.05, 0.1) is 5.25 Å². The molecule has 0 spiro atoms. The normalized spacial score (nSPS) is 18.1. The largest absolute Gasteiger partial charge is 0.385 e. The van der Waals surface area contributed by atoms with Gasteiger partial charge >= 0.3 is 0 Å². The molecule has 1 aromatic rings. The molecule has 1 saturated heterocycles. The summed E-state index contributed by atoms with van der Waals surface area (Å²) >= 11 is 0. The van der Waals surface area contributed by atoms with Crippen molar-refractivity contribution >= 4 is 21.4 Å². The van der Waals surface area contributed by atoms with Gasteiger partial charge in [0.15, 0.2) is 0 Å². The van der Waals surface area contributed by atoms with Crippen molar-refractivity contribution in [3.63, 3.8) is 0 Å². The zero-order chi connectivity index (χ0) is 18.3. The minimum absolute atomic E-state index is 0.294. The fourth-order valence-electron chi connectivity index (χ4n) is 2.85. The van der Waals surface area contributed by atoms with Crippen LogP contribution in [0.2, 0.25) is 0 Å². The number of anilines is 2. The number of benzene rings is 1. The fourth-order valence-corrected chi connectivity index (χ4v) is 3.61. The van der Waals surface area contributed by atoms with Gasteiger partial charge in [0.1, 0.15) is 0 Å². The highest BCUT2D eigenvalue weighted by Crippen LogP contribution is 2.21. The summed E-state index contributed by atoms with van der Waals surface area (Å²) < 4.78 is 25.9. The lowest BCUT2D eigenvalue weighted by Crippen LogP contribution is -2.31. The van der Waals surface area contributed by atoms with E-state index in [9.17, 15) is 8.42 Å². The Morgan fingerprint density at radius 1 is 1.16 bits per heavy atom. The summed E-state index contributed by atoms with van der Waals surface area (Å²) in [5.41, 5.74) is 8.31. The third kappa shape index (κ3) is 6.49. The molecule has 0 radical (unpaired) electrons. The van der Waals surface area contributed by atoms with Gasteiger partial charge in [-0.15, -0.1) is 0 Å². The molecule has 1 aromatic carbocycles. The van der Waals surface area contributed by atoms with Gasteiger partial charge in [-0.3, -0.25) is 0 Å². The predicted molar refractivity (Wildman–Crippen MR) is 106 cm³/mol. The maximum atomic E-state index is 11.6. The van der Waals surface area contributed by atoms with Gasteiger partial charge in [-0.1, -0.05) is 6.42 Å². The average molecular weight is 369 g/mol. The van der Waals surface area contributed by atoms with Crippen molar-refractivity contribution < 1.29 is 8.42 Å². The molecule has 6 nitrogen and oxygen atoms in total. The maximum Gasteiger partial charge on any atom is 0.213 e. The number of rotatable bonds is 10. The fraction of sp³-hybridized carbons (Fsp3) is 0.667. The Morgan fingerprint density at radius 3 is 2.44 bits per heavy atom. The van der Waals surface area contributed by atoms with Gasteiger partial charge in [-0.25, -0.2) is 13.1 Å². The van der Waals surface area contributed by atoms with Crippen LogP contribution in [0.5, 0.6) is 0 Å². The van der Waals surface area contributed by atoms with Crippen LogP contribution >= 0.6 is 0 Å². The standard InChI is InChI=1S/C18H32N4O2S/c1-15(2)25(23,24)21-12-5-3-4-11-20-17-6-8-18(9-7-17)22-13-10-16(19)14-22/h6-9,15-16,20-21H,3-5,10-14,19H2,1-2H3. The second-order valence-corrected chi connectivity index (χ2v) is 9.34. The topological polar surface area (TPSA) is 87.5 Å². The highest BCUT2D eigenvalue weighted by atomic mass is 32.2. The van der Waals surface area contributed by atoms with Gasteiger partial charge in [-0.2, -0.15) is 0 Å². The third-order valence-corrected chi connectivity index (χ3v) is 6.41. The van der Waals surface area contributed by atoms with Crippen molar-refractivity contribution in [3.05, 3.63) is 24.3 Å². The summed E-state index contributed by atoms with van der Waals surface area (Å²) in [6, 6.07) is 8.79. The molecule has 1 unspecified atom stereocenters. The number of unbranched alkanes of at least 4 members (excludes halogenated alkanes) is 2. The minimum atomic E-state index is -3.13. The van der Waals surface area contributed by atoms with E-state index in [1.165, 1.54) is 5.69 Å². The molecule has 4 N–H and O–H groups in total. The van der Waals surface area contributed by atoms with E-state index in [1.807, 2.05) is 0 Å². The van der Waals surface area contributed by atoms with Crippen LogP contribution in [0.4, 0.5) is 11.4 Å². The molecule has 25 heavy (non-hydrogen) atoms. The van der Waals surface area contributed by atoms with Crippen molar-refractivity contribution in [2.75, 3.05) is 36.4 Å². The lowest BCUT2D eigenvalue weighted by molar-refractivity contribution is 0.566. The van der Waals surface area contributed by atoms with Crippen LogP contribution in [0.1, 0.15) is 39.5 Å². The van der Waals surface area contributed by atoms with Crippen molar-refractivity contribution in [1.82, 2.24) is 4.72 Å². The number of nitrogens with one attached hydrogen (secondary N) is 2. The summed E-state index contributed by atoms with van der Waals surface area (Å²) in [6.07, 6.45) is 3.94. The van der Waals surface area contributed by atoms with Crippen LogP contribution in [-0.4, -0.2) is 45.9 Å². The van der Waals surface area contributed by atoms with Crippen LogP contribution in [0.3, 0.4) is 0 Å². The number of nitrogens with zero attached hydrogens (tertiary/aromatic N) is 1. The lowest BCUT2D eigenvalue weighted by Gasteiger charge is -2.18. The van der Waals surface area contributed by atoms with E-state index in [0.717, 1.165) is 51.0 Å². The molecule has 0 bridgehead atoms. The summed E-state index contributed by atoms with van der Waals surface area (Å²) in [7, 11) is -3.13. The second kappa shape index (κ2) is 9.40. The molecular weight excluding hydrogens is 336 g/mol. The molecular formula is C18H32N4O2S. The zero-order valence-electron chi connectivity index (χ0n) is 15.4. The first-order chi connectivity index (χ1) is 11.9. The van der Waals surface area contributed by atoms with Crippen molar-refractivity contribution in [1.29, 1.82) is 0 Å². The van der Waals surface area contributed by atoms with E-state index in [0.29, 0.717) is 12.6 Å². The molecule has 1 heterocycles. The van der Waals surface area contributed by atoms with Crippen LogP contribution in [0.25, 0.3) is 0 Å². The quantitative estimate of drug-likeness (QED) is 0.551. The minimum Gasteiger partial charge on any atom is -0.385 e. The van der Waals surface area contributed by atoms with Crippen LogP contribution in [0.15, 0.2) is 24.3 Å². The van der Waals surface area contributed by atoms with Crippen molar-refractivity contribution in [2.24, 2.45) is 5.73 Å². The molecule has 0 aliphatic carbocycles. The van der Waals surface area contributed by atoms with E-state index in [4.69, 9.17) is 5.73 Å². The molecule has 1 atom stereocenters. The number of hydrogen-bond donors (Lipinski definition) is 3. The van der Waals surface area contributed by atoms with Crippen LogP contribution in [0, 0.1) is 0 Å². The van der Waals surface area contributed by atoms with Crippen LogP contribution in [-0.2, 0) is 10.0 Å². The number of sulfonamides is 1. The summed E-state index contributed by atoms with van der Waals surface area (Å²) in [4.78, 5) is 2.33. The molecule has 1 aliphatic heterocycles. The number of nitrogens with two attached hydrogens (primary N) is 1. The lowest BCUT2D eigenvalue weighted by atomic mass is 10.2. The predicted octanol–water partition coefficient (Wildman–Crippen LogP) is 2.13. The van der Waals surface area contributed by atoms with E-state index in [1.54, 1.807) is 13.8 Å². The monoisotopic (exact) mass is 368 g/mol.